The lowest BCUT2D eigenvalue weighted by atomic mass is 10.1. The van der Waals surface area contributed by atoms with Crippen molar-refractivity contribution in [2.45, 2.75) is 26.2 Å². The molecule has 25 heavy (non-hydrogen) atoms. The molecule has 1 aliphatic rings. The molecule has 1 atom stereocenters. The van der Waals surface area contributed by atoms with Crippen molar-refractivity contribution in [2.75, 3.05) is 38.7 Å². The Morgan fingerprint density at radius 3 is 2.92 bits per heavy atom. The van der Waals surface area contributed by atoms with Crippen LogP contribution in [0.1, 0.15) is 40.2 Å². The highest BCUT2D eigenvalue weighted by atomic mass is 16.5. The van der Waals surface area contributed by atoms with Crippen molar-refractivity contribution in [1.29, 1.82) is 0 Å². The minimum absolute atomic E-state index is 0.175. The summed E-state index contributed by atoms with van der Waals surface area (Å²) >= 11 is 0. The van der Waals surface area contributed by atoms with Crippen LogP contribution in [0.3, 0.4) is 0 Å². The maximum Gasteiger partial charge on any atom is 0.291 e. The largest absolute Gasteiger partial charge is 0.436 e. The van der Waals surface area contributed by atoms with Crippen LogP contribution in [0.4, 0.5) is 5.82 Å². The van der Waals surface area contributed by atoms with Gasteiger partial charge in [0.05, 0.1) is 18.0 Å². The van der Waals surface area contributed by atoms with Gasteiger partial charge in [-0.25, -0.2) is 15.0 Å². The number of hydrogen-bond donors (Lipinski definition) is 1. The zero-order chi connectivity index (χ0) is 17.8. The Hall–Kier alpha value is -2.48. The monoisotopic (exact) mass is 345 g/mol. The fourth-order valence-electron chi connectivity index (χ4n) is 2.82. The van der Waals surface area contributed by atoms with Crippen LogP contribution in [0.15, 0.2) is 16.8 Å². The number of amides is 1. The average Bonchev–Trinajstić information content (AvgIpc) is 3.24. The second-order valence-corrected chi connectivity index (χ2v) is 6.19. The van der Waals surface area contributed by atoms with Gasteiger partial charge in [0.2, 0.25) is 5.76 Å². The van der Waals surface area contributed by atoms with E-state index in [0.29, 0.717) is 43.0 Å². The molecule has 1 unspecified atom stereocenters. The smallest absolute Gasteiger partial charge is 0.291 e. The normalized spacial score (nSPS) is 16.8. The number of rotatable bonds is 6. The van der Waals surface area contributed by atoms with Gasteiger partial charge >= 0.3 is 0 Å². The Bertz CT molecular complexity index is 740. The van der Waals surface area contributed by atoms with Crippen LogP contribution in [0.5, 0.6) is 0 Å². The van der Waals surface area contributed by atoms with Gasteiger partial charge in [-0.05, 0) is 13.3 Å². The summed E-state index contributed by atoms with van der Waals surface area (Å²) in [6.45, 7) is 6.09. The number of nitrogens with one attached hydrogen (secondary N) is 1. The minimum Gasteiger partial charge on any atom is -0.436 e. The minimum atomic E-state index is -0.175. The maximum absolute atomic E-state index is 12.4. The van der Waals surface area contributed by atoms with Crippen molar-refractivity contribution in [2.24, 2.45) is 0 Å². The molecule has 1 N–H and O–H groups in total. The summed E-state index contributed by atoms with van der Waals surface area (Å²) in [5.74, 6) is 1.71. The van der Waals surface area contributed by atoms with Crippen molar-refractivity contribution < 1.29 is 13.9 Å². The summed E-state index contributed by atoms with van der Waals surface area (Å²) in [4.78, 5) is 26.7. The first-order valence-electron chi connectivity index (χ1n) is 8.37. The number of likely N-dealkylation sites (N-methyl/N-ethyl adjacent to an activating group) is 1. The molecule has 8 heteroatoms. The lowest BCUT2D eigenvalue weighted by Gasteiger charge is -2.17. The van der Waals surface area contributed by atoms with Crippen molar-refractivity contribution in [3.63, 3.8) is 0 Å². The molecular formula is C17H23N5O3. The molecule has 1 aliphatic heterocycles. The van der Waals surface area contributed by atoms with Gasteiger partial charge in [0.15, 0.2) is 5.89 Å². The second-order valence-electron chi connectivity index (χ2n) is 6.19. The van der Waals surface area contributed by atoms with Gasteiger partial charge < -0.3 is 19.4 Å². The van der Waals surface area contributed by atoms with E-state index in [2.05, 4.69) is 20.3 Å². The van der Waals surface area contributed by atoms with E-state index in [1.807, 2.05) is 6.07 Å². The van der Waals surface area contributed by atoms with Crippen LogP contribution in [0.25, 0.3) is 0 Å². The molecule has 0 bridgehead atoms. The third-order valence-corrected chi connectivity index (χ3v) is 4.23. The fourth-order valence-corrected chi connectivity index (χ4v) is 2.82. The highest BCUT2D eigenvalue weighted by Gasteiger charge is 2.21. The quantitative estimate of drug-likeness (QED) is 0.852. The maximum atomic E-state index is 12.4. The van der Waals surface area contributed by atoms with Gasteiger partial charge in [0, 0.05) is 45.7 Å². The van der Waals surface area contributed by atoms with Gasteiger partial charge in [-0.1, -0.05) is 0 Å². The number of oxazole rings is 1. The van der Waals surface area contributed by atoms with E-state index in [-0.39, 0.29) is 5.91 Å². The Morgan fingerprint density at radius 1 is 1.40 bits per heavy atom. The summed E-state index contributed by atoms with van der Waals surface area (Å²) in [5, 5.41) is 3.23. The van der Waals surface area contributed by atoms with Crippen molar-refractivity contribution in [3.8, 4) is 0 Å². The highest BCUT2D eigenvalue weighted by Crippen LogP contribution is 2.24. The predicted octanol–water partition coefficient (Wildman–Crippen LogP) is 1.77. The van der Waals surface area contributed by atoms with Gasteiger partial charge in [-0.3, -0.25) is 4.79 Å². The molecule has 1 amide bonds. The van der Waals surface area contributed by atoms with E-state index >= 15 is 0 Å². The number of hydrogen-bond acceptors (Lipinski definition) is 7. The molecule has 2 aromatic heterocycles. The Morgan fingerprint density at radius 2 is 2.24 bits per heavy atom. The summed E-state index contributed by atoms with van der Waals surface area (Å²) in [7, 11) is 1.74. The van der Waals surface area contributed by atoms with Crippen LogP contribution in [0, 0.1) is 13.8 Å². The van der Waals surface area contributed by atoms with E-state index in [0.717, 1.165) is 24.5 Å². The summed E-state index contributed by atoms with van der Waals surface area (Å²) in [5.41, 5.74) is 1.61. The Kier molecular flexibility index (Phi) is 5.28. The summed E-state index contributed by atoms with van der Waals surface area (Å²) in [6.07, 6.45) is 2.55. The van der Waals surface area contributed by atoms with E-state index in [4.69, 9.17) is 9.15 Å². The topological polar surface area (TPSA) is 93.4 Å². The molecule has 1 saturated heterocycles. The highest BCUT2D eigenvalue weighted by molar-refractivity contribution is 5.92. The fraction of sp³-hybridized carbons (Fsp3) is 0.529. The van der Waals surface area contributed by atoms with Crippen LogP contribution in [-0.4, -0.2) is 59.1 Å². The van der Waals surface area contributed by atoms with Gasteiger partial charge in [-0.15, -0.1) is 0 Å². The molecule has 0 spiro atoms. The van der Waals surface area contributed by atoms with Crippen LogP contribution in [0.2, 0.25) is 0 Å². The van der Waals surface area contributed by atoms with E-state index < -0.39 is 0 Å². The van der Waals surface area contributed by atoms with Crippen LogP contribution >= 0.6 is 0 Å². The molecule has 2 aromatic rings. The average molecular weight is 345 g/mol. The molecule has 0 aliphatic carbocycles. The van der Waals surface area contributed by atoms with E-state index in [1.54, 1.807) is 32.1 Å². The number of aromatic nitrogens is 3. The molecule has 0 radical (unpaired) electrons. The summed E-state index contributed by atoms with van der Waals surface area (Å²) in [6, 6.07) is 1.95. The Labute approximate surface area is 146 Å². The second kappa shape index (κ2) is 7.60. The zero-order valence-corrected chi connectivity index (χ0v) is 14.8. The van der Waals surface area contributed by atoms with Gasteiger partial charge in [-0.2, -0.15) is 0 Å². The first kappa shape index (κ1) is 17.3. The number of aryl methyl sites for hydroxylation is 2. The number of carbonyl (C=O) groups is 1. The third kappa shape index (κ3) is 4.14. The third-order valence-electron chi connectivity index (χ3n) is 4.23. The SMILES string of the molecule is Cc1nc(C)c(C(=O)N(C)CCNc2cc(C3CCOC3)ncn2)o1. The van der Waals surface area contributed by atoms with E-state index in [1.165, 1.54) is 0 Å². The zero-order valence-electron chi connectivity index (χ0n) is 14.8. The lowest BCUT2D eigenvalue weighted by Crippen LogP contribution is -2.31. The van der Waals surface area contributed by atoms with Gasteiger partial charge in [0.25, 0.3) is 5.91 Å². The molecule has 0 aromatic carbocycles. The summed E-state index contributed by atoms with van der Waals surface area (Å²) < 4.78 is 10.8. The number of nitrogens with zero attached hydrogens (tertiary/aromatic N) is 4. The van der Waals surface area contributed by atoms with Crippen molar-refractivity contribution in [1.82, 2.24) is 19.9 Å². The molecule has 8 nitrogen and oxygen atoms in total. The predicted molar refractivity (Wildman–Crippen MR) is 91.6 cm³/mol. The van der Waals surface area contributed by atoms with Crippen molar-refractivity contribution in [3.05, 3.63) is 35.4 Å². The first-order chi connectivity index (χ1) is 12.0. The molecule has 134 valence electrons. The van der Waals surface area contributed by atoms with Crippen molar-refractivity contribution >= 4 is 11.7 Å². The van der Waals surface area contributed by atoms with Crippen LogP contribution in [-0.2, 0) is 4.74 Å². The molecule has 0 saturated carbocycles. The number of ether oxygens (including phenoxy) is 1. The molecular weight excluding hydrogens is 322 g/mol. The number of anilines is 1. The van der Waals surface area contributed by atoms with Crippen LogP contribution < -0.4 is 5.32 Å². The van der Waals surface area contributed by atoms with Gasteiger partial charge in [0.1, 0.15) is 12.1 Å². The lowest BCUT2D eigenvalue weighted by molar-refractivity contribution is 0.0766. The molecule has 3 rings (SSSR count). The molecule has 3 heterocycles. The Balaban J connectivity index is 1.53. The first-order valence-corrected chi connectivity index (χ1v) is 8.37. The molecule has 1 fully saturated rings. The number of carbonyl (C=O) groups excluding carboxylic acids is 1. The standard InChI is InChI=1S/C17H23N5O3/c1-11-16(25-12(2)21-11)17(23)22(3)6-5-18-15-8-14(19-10-20-15)13-4-7-24-9-13/h8,10,13H,4-7,9H2,1-3H3,(H,18,19,20). The van der Waals surface area contributed by atoms with E-state index in [9.17, 15) is 4.79 Å².